The Morgan fingerprint density at radius 2 is 1.96 bits per heavy atom. The van der Waals surface area contributed by atoms with E-state index in [2.05, 4.69) is 32.3 Å². The van der Waals surface area contributed by atoms with Crippen molar-refractivity contribution in [1.29, 1.82) is 0 Å². The number of benzene rings is 1. The van der Waals surface area contributed by atoms with Crippen molar-refractivity contribution in [2.45, 2.75) is 25.8 Å². The fraction of sp³-hybridized carbons (Fsp3) is 0.421. The molecule has 1 aliphatic heterocycles. The van der Waals surface area contributed by atoms with Crippen LogP contribution in [0.3, 0.4) is 0 Å². The molecule has 0 spiro atoms. The van der Waals surface area contributed by atoms with Crippen LogP contribution in [0.5, 0.6) is 0 Å². The van der Waals surface area contributed by atoms with Crippen LogP contribution in [0.25, 0.3) is 0 Å². The van der Waals surface area contributed by atoms with E-state index in [0.29, 0.717) is 32.1 Å². The first-order valence-corrected chi connectivity index (χ1v) is 8.76. The molecular weight excluding hydrogens is 316 g/mol. The molecule has 6 nitrogen and oxygen atoms in total. The van der Waals surface area contributed by atoms with Crippen molar-refractivity contribution >= 4 is 11.9 Å². The van der Waals surface area contributed by atoms with Gasteiger partial charge in [0.15, 0.2) is 0 Å². The van der Waals surface area contributed by atoms with Crippen molar-refractivity contribution < 1.29 is 9.53 Å². The molecule has 6 heteroatoms. The molecule has 0 bridgehead atoms. The Hall–Kier alpha value is -2.47. The number of anilines is 1. The van der Waals surface area contributed by atoms with Crippen LogP contribution in [-0.4, -0.2) is 42.2 Å². The summed E-state index contributed by atoms with van der Waals surface area (Å²) in [6.07, 6.45) is 4.03. The lowest BCUT2D eigenvalue weighted by molar-refractivity contribution is -0.121. The van der Waals surface area contributed by atoms with Crippen LogP contribution < -0.4 is 10.2 Å². The maximum atomic E-state index is 12.0. The maximum absolute atomic E-state index is 12.0. The van der Waals surface area contributed by atoms with Gasteiger partial charge in [0.25, 0.3) is 0 Å². The van der Waals surface area contributed by atoms with Gasteiger partial charge in [0, 0.05) is 25.7 Å². The second-order valence-electron chi connectivity index (χ2n) is 6.06. The van der Waals surface area contributed by atoms with Gasteiger partial charge in [-0.3, -0.25) is 4.79 Å². The lowest BCUT2D eigenvalue weighted by atomic mass is 10.1. The van der Waals surface area contributed by atoms with Gasteiger partial charge < -0.3 is 15.0 Å². The first-order chi connectivity index (χ1) is 12.3. The Bertz CT molecular complexity index is 672. The molecule has 1 fully saturated rings. The zero-order valence-corrected chi connectivity index (χ0v) is 14.4. The highest BCUT2D eigenvalue weighted by Crippen LogP contribution is 2.10. The second kappa shape index (κ2) is 9.13. The van der Waals surface area contributed by atoms with E-state index >= 15 is 0 Å². The average Bonchev–Trinajstić information content (AvgIpc) is 2.68. The molecule has 132 valence electrons. The van der Waals surface area contributed by atoms with Crippen LogP contribution in [0.2, 0.25) is 0 Å². The van der Waals surface area contributed by atoms with Gasteiger partial charge in [-0.25, -0.2) is 9.97 Å². The zero-order chi connectivity index (χ0) is 17.3. The number of nitrogens with zero attached hydrogens (tertiary/aromatic N) is 3. The molecule has 1 aromatic carbocycles. The summed E-state index contributed by atoms with van der Waals surface area (Å²) in [4.78, 5) is 23.0. The number of morpholine rings is 1. The van der Waals surface area contributed by atoms with E-state index in [0.717, 1.165) is 31.6 Å². The highest BCUT2D eigenvalue weighted by Gasteiger charge is 2.14. The Balaban J connectivity index is 1.42. The van der Waals surface area contributed by atoms with E-state index in [1.165, 1.54) is 5.56 Å². The predicted molar refractivity (Wildman–Crippen MR) is 96.3 cm³/mol. The van der Waals surface area contributed by atoms with Crippen molar-refractivity contribution in [1.82, 2.24) is 15.3 Å². The normalized spacial score (nSPS) is 14.3. The molecule has 2 aromatic rings. The number of ether oxygens (including phenoxy) is 1. The molecular formula is C19H24N4O2. The standard InChI is InChI=1S/C19H24N4O2/c24-18(8-4-7-16-5-2-1-3-6-16)21-15-17-9-10-20-19(22-17)23-11-13-25-14-12-23/h1-3,5-6,9-10H,4,7-8,11-15H2,(H,21,24). The van der Waals surface area contributed by atoms with Gasteiger partial charge in [0.2, 0.25) is 11.9 Å². The van der Waals surface area contributed by atoms with Gasteiger partial charge in [-0.2, -0.15) is 0 Å². The molecule has 0 unspecified atom stereocenters. The van der Waals surface area contributed by atoms with Crippen molar-refractivity contribution in [3.63, 3.8) is 0 Å². The summed E-state index contributed by atoms with van der Waals surface area (Å²) < 4.78 is 5.35. The van der Waals surface area contributed by atoms with E-state index in [9.17, 15) is 4.79 Å². The summed E-state index contributed by atoms with van der Waals surface area (Å²) in [5.41, 5.74) is 2.09. The zero-order valence-electron chi connectivity index (χ0n) is 14.4. The first kappa shape index (κ1) is 17.4. The van der Waals surface area contributed by atoms with Crippen LogP contribution in [-0.2, 0) is 22.5 Å². The first-order valence-electron chi connectivity index (χ1n) is 8.76. The fourth-order valence-corrected chi connectivity index (χ4v) is 2.77. The molecule has 3 rings (SSSR count). The van der Waals surface area contributed by atoms with Gasteiger partial charge in [-0.05, 0) is 24.5 Å². The van der Waals surface area contributed by atoms with E-state index < -0.39 is 0 Å². The van der Waals surface area contributed by atoms with Gasteiger partial charge in [0.1, 0.15) is 0 Å². The maximum Gasteiger partial charge on any atom is 0.225 e. The molecule has 1 N–H and O–H groups in total. The Morgan fingerprint density at radius 1 is 1.16 bits per heavy atom. The van der Waals surface area contributed by atoms with Crippen molar-refractivity contribution in [2.75, 3.05) is 31.2 Å². The molecule has 2 heterocycles. The van der Waals surface area contributed by atoms with Crippen LogP contribution in [0, 0.1) is 0 Å². The fourth-order valence-electron chi connectivity index (χ4n) is 2.77. The molecule has 0 atom stereocenters. The third-order valence-electron chi connectivity index (χ3n) is 4.17. The number of aromatic nitrogens is 2. The quantitative estimate of drug-likeness (QED) is 0.834. The Morgan fingerprint density at radius 3 is 2.76 bits per heavy atom. The smallest absolute Gasteiger partial charge is 0.225 e. The number of hydrogen-bond donors (Lipinski definition) is 1. The number of carbonyl (C=O) groups excluding carboxylic acids is 1. The van der Waals surface area contributed by atoms with Gasteiger partial charge in [-0.1, -0.05) is 30.3 Å². The highest BCUT2D eigenvalue weighted by molar-refractivity contribution is 5.75. The minimum Gasteiger partial charge on any atom is -0.378 e. The van der Waals surface area contributed by atoms with Crippen LogP contribution in [0.4, 0.5) is 5.95 Å². The number of nitrogens with one attached hydrogen (secondary N) is 1. The molecule has 25 heavy (non-hydrogen) atoms. The minimum absolute atomic E-state index is 0.0578. The molecule has 1 aliphatic rings. The summed E-state index contributed by atoms with van der Waals surface area (Å²) in [6.45, 7) is 3.44. The third-order valence-corrected chi connectivity index (χ3v) is 4.17. The van der Waals surface area contributed by atoms with Gasteiger partial charge in [-0.15, -0.1) is 0 Å². The lowest BCUT2D eigenvalue weighted by Crippen LogP contribution is -2.37. The molecule has 0 radical (unpaired) electrons. The lowest BCUT2D eigenvalue weighted by Gasteiger charge is -2.26. The van der Waals surface area contributed by atoms with E-state index in [1.807, 2.05) is 24.3 Å². The van der Waals surface area contributed by atoms with E-state index in [4.69, 9.17) is 4.74 Å². The van der Waals surface area contributed by atoms with Crippen molar-refractivity contribution in [2.24, 2.45) is 0 Å². The topological polar surface area (TPSA) is 67.4 Å². The summed E-state index contributed by atoms with van der Waals surface area (Å²) >= 11 is 0. The SMILES string of the molecule is O=C(CCCc1ccccc1)NCc1ccnc(N2CCOCC2)n1. The van der Waals surface area contributed by atoms with E-state index in [1.54, 1.807) is 6.20 Å². The largest absolute Gasteiger partial charge is 0.378 e. The van der Waals surface area contributed by atoms with Crippen LogP contribution in [0.1, 0.15) is 24.1 Å². The van der Waals surface area contributed by atoms with E-state index in [-0.39, 0.29) is 5.91 Å². The summed E-state index contributed by atoms with van der Waals surface area (Å²) in [5.74, 6) is 0.765. The molecule has 1 amide bonds. The van der Waals surface area contributed by atoms with Gasteiger partial charge >= 0.3 is 0 Å². The van der Waals surface area contributed by atoms with Gasteiger partial charge in [0.05, 0.1) is 25.5 Å². The predicted octanol–water partition coefficient (Wildman–Crippen LogP) is 1.95. The molecule has 0 aliphatic carbocycles. The Labute approximate surface area is 148 Å². The summed E-state index contributed by atoms with van der Waals surface area (Å²) in [6, 6.07) is 12.1. The van der Waals surface area contributed by atoms with Crippen LogP contribution >= 0.6 is 0 Å². The third kappa shape index (κ3) is 5.53. The molecule has 1 aromatic heterocycles. The van der Waals surface area contributed by atoms with Crippen molar-refractivity contribution in [3.8, 4) is 0 Å². The number of aryl methyl sites for hydroxylation is 1. The minimum atomic E-state index is 0.0578. The number of hydrogen-bond acceptors (Lipinski definition) is 5. The summed E-state index contributed by atoms with van der Waals surface area (Å²) in [7, 11) is 0. The average molecular weight is 340 g/mol. The second-order valence-corrected chi connectivity index (χ2v) is 6.06. The number of amides is 1. The monoisotopic (exact) mass is 340 g/mol. The molecule has 1 saturated heterocycles. The number of carbonyl (C=O) groups is 1. The number of rotatable bonds is 7. The Kier molecular flexibility index (Phi) is 6.34. The van der Waals surface area contributed by atoms with Crippen LogP contribution in [0.15, 0.2) is 42.6 Å². The molecule has 0 saturated carbocycles. The highest BCUT2D eigenvalue weighted by atomic mass is 16.5. The summed E-state index contributed by atoms with van der Waals surface area (Å²) in [5, 5.41) is 2.94. The van der Waals surface area contributed by atoms with Crippen molar-refractivity contribution in [3.05, 3.63) is 53.9 Å².